The number of thioether (sulfide) groups is 1. The normalized spacial score (nSPS) is 16.1. The van der Waals surface area contributed by atoms with Crippen molar-refractivity contribution in [2.24, 2.45) is 4.99 Å². The van der Waals surface area contributed by atoms with Gasteiger partial charge in [-0.25, -0.2) is 9.79 Å². The third-order valence-electron chi connectivity index (χ3n) is 5.26. The van der Waals surface area contributed by atoms with Crippen molar-refractivity contribution in [2.75, 3.05) is 7.11 Å². The van der Waals surface area contributed by atoms with Crippen molar-refractivity contribution >= 4 is 40.6 Å². The summed E-state index contributed by atoms with van der Waals surface area (Å²) < 4.78 is 43.8. The van der Waals surface area contributed by atoms with Gasteiger partial charge in [0.05, 0.1) is 35.4 Å². The Labute approximate surface area is 208 Å². The lowest BCUT2D eigenvalue weighted by molar-refractivity contribution is -0.137. The Morgan fingerprint density at radius 1 is 1.03 bits per heavy atom. The maximum absolute atomic E-state index is 13.3. The van der Waals surface area contributed by atoms with Crippen LogP contribution in [0.25, 0.3) is 6.08 Å². The SMILES string of the molecule is COc1ccc(N=C2S/C(=C\c3ccc(C(F)(F)F)cc3)C(=O)N2Cc2ccc(C(=O)O)cc2)cc1. The van der Waals surface area contributed by atoms with Crippen LogP contribution in [-0.4, -0.2) is 34.2 Å². The standard InChI is InChI=1S/C26H19F3N2O4S/c1-35-21-12-10-20(11-13-21)30-25-31(15-17-2-6-18(7-3-17)24(33)34)23(32)22(36-25)14-16-4-8-19(9-5-16)26(27,28)29/h2-14H,15H2,1H3,(H,33,34)/b22-14-,30-25?. The summed E-state index contributed by atoms with van der Waals surface area (Å²) >= 11 is 1.10. The van der Waals surface area contributed by atoms with E-state index in [9.17, 15) is 22.8 Å². The monoisotopic (exact) mass is 512 g/mol. The summed E-state index contributed by atoms with van der Waals surface area (Å²) in [5, 5.41) is 9.50. The van der Waals surface area contributed by atoms with Crippen molar-refractivity contribution in [3.05, 3.63) is 100.0 Å². The molecule has 0 spiro atoms. The molecule has 1 aliphatic heterocycles. The number of benzene rings is 3. The molecule has 0 saturated carbocycles. The van der Waals surface area contributed by atoms with Gasteiger partial charge in [0, 0.05) is 0 Å². The predicted octanol–water partition coefficient (Wildman–Crippen LogP) is 6.22. The summed E-state index contributed by atoms with van der Waals surface area (Å²) in [6.45, 7) is 0.130. The van der Waals surface area contributed by atoms with Gasteiger partial charge in [0.15, 0.2) is 5.17 Å². The molecule has 0 radical (unpaired) electrons. The van der Waals surface area contributed by atoms with E-state index in [-0.39, 0.29) is 18.0 Å². The molecular formula is C26H19F3N2O4S. The molecule has 1 fully saturated rings. The lowest BCUT2D eigenvalue weighted by Crippen LogP contribution is -2.28. The zero-order valence-corrected chi connectivity index (χ0v) is 19.6. The first kappa shape index (κ1) is 25.1. The second-order valence-electron chi connectivity index (χ2n) is 7.72. The minimum atomic E-state index is -4.45. The molecule has 0 bridgehead atoms. The number of aromatic carboxylic acids is 1. The highest BCUT2D eigenvalue weighted by Crippen LogP contribution is 2.36. The number of carbonyl (C=O) groups excluding carboxylic acids is 1. The number of hydrogen-bond acceptors (Lipinski definition) is 5. The number of carboxylic acids is 1. The van der Waals surface area contributed by atoms with Crippen LogP contribution in [0.2, 0.25) is 0 Å². The van der Waals surface area contributed by atoms with E-state index in [0.717, 1.165) is 23.9 Å². The number of alkyl halides is 3. The van der Waals surface area contributed by atoms with Gasteiger partial charge < -0.3 is 9.84 Å². The minimum absolute atomic E-state index is 0.121. The maximum Gasteiger partial charge on any atom is 0.416 e. The molecule has 36 heavy (non-hydrogen) atoms. The average Bonchev–Trinajstić information content (AvgIpc) is 3.13. The number of carbonyl (C=O) groups is 2. The topological polar surface area (TPSA) is 79.2 Å². The Morgan fingerprint density at radius 2 is 1.67 bits per heavy atom. The molecule has 1 aliphatic rings. The molecule has 3 aromatic carbocycles. The van der Waals surface area contributed by atoms with Gasteiger partial charge in [-0.2, -0.15) is 13.2 Å². The highest BCUT2D eigenvalue weighted by atomic mass is 32.2. The summed E-state index contributed by atoms with van der Waals surface area (Å²) in [7, 11) is 1.54. The maximum atomic E-state index is 13.3. The Kier molecular flexibility index (Phi) is 7.16. The first-order valence-electron chi connectivity index (χ1n) is 10.6. The van der Waals surface area contributed by atoms with Crippen LogP contribution >= 0.6 is 11.8 Å². The summed E-state index contributed by atoms with van der Waals surface area (Å²) in [4.78, 5) is 30.7. The minimum Gasteiger partial charge on any atom is -0.497 e. The van der Waals surface area contributed by atoms with Crippen molar-refractivity contribution in [3.63, 3.8) is 0 Å². The van der Waals surface area contributed by atoms with Gasteiger partial charge in [-0.1, -0.05) is 24.3 Å². The lowest BCUT2D eigenvalue weighted by Gasteiger charge is -2.16. The van der Waals surface area contributed by atoms with Gasteiger partial charge in [-0.3, -0.25) is 9.69 Å². The highest BCUT2D eigenvalue weighted by Gasteiger charge is 2.34. The second-order valence-corrected chi connectivity index (χ2v) is 8.73. The molecule has 6 nitrogen and oxygen atoms in total. The number of hydrogen-bond donors (Lipinski definition) is 1. The number of rotatable bonds is 6. The van der Waals surface area contributed by atoms with Crippen LogP contribution in [-0.2, 0) is 17.5 Å². The molecule has 0 aromatic heterocycles. The number of halogens is 3. The van der Waals surface area contributed by atoms with E-state index in [0.29, 0.717) is 32.6 Å². The van der Waals surface area contributed by atoms with Gasteiger partial charge in [0.2, 0.25) is 0 Å². The van der Waals surface area contributed by atoms with E-state index in [1.54, 1.807) is 43.5 Å². The molecule has 1 saturated heterocycles. The predicted molar refractivity (Wildman–Crippen MR) is 131 cm³/mol. The van der Waals surface area contributed by atoms with Crippen LogP contribution in [0.3, 0.4) is 0 Å². The number of amidine groups is 1. The number of nitrogens with zero attached hydrogens (tertiary/aromatic N) is 2. The van der Waals surface area contributed by atoms with Crippen molar-refractivity contribution in [2.45, 2.75) is 12.7 Å². The Hall–Kier alpha value is -4.05. The molecule has 0 unspecified atom stereocenters. The van der Waals surface area contributed by atoms with Crippen molar-refractivity contribution < 1.29 is 32.6 Å². The van der Waals surface area contributed by atoms with E-state index in [4.69, 9.17) is 9.84 Å². The molecule has 0 aliphatic carbocycles. The van der Waals surface area contributed by atoms with E-state index in [2.05, 4.69) is 4.99 Å². The fourth-order valence-electron chi connectivity index (χ4n) is 3.35. The van der Waals surface area contributed by atoms with Crippen LogP contribution in [0.15, 0.2) is 82.7 Å². The summed E-state index contributed by atoms with van der Waals surface area (Å²) in [5.41, 5.74) is 1.05. The quantitative estimate of drug-likeness (QED) is 0.397. The van der Waals surface area contributed by atoms with Crippen LogP contribution in [0.1, 0.15) is 27.0 Å². The van der Waals surface area contributed by atoms with Crippen molar-refractivity contribution in [3.8, 4) is 5.75 Å². The number of amides is 1. The third-order valence-corrected chi connectivity index (χ3v) is 6.27. The molecule has 10 heteroatoms. The van der Waals surface area contributed by atoms with E-state index < -0.39 is 17.7 Å². The van der Waals surface area contributed by atoms with Crippen LogP contribution in [0, 0.1) is 0 Å². The summed E-state index contributed by atoms with van der Waals surface area (Å²) in [5.74, 6) is -0.778. The Bertz CT molecular complexity index is 1330. The molecule has 4 rings (SSSR count). The summed E-state index contributed by atoms with van der Waals surface area (Å²) in [6, 6.07) is 17.6. The molecular weight excluding hydrogens is 493 g/mol. The van der Waals surface area contributed by atoms with E-state index in [1.165, 1.54) is 35.2 Å². The lowest BCUT2D eigenvalue weighted by atomic mass is 10.1. The van der Waals surface area contributed by atoms with Gasteiger partial charge in [0.1, 0.15) is 5.75 Å². The van der Waals surface area contributed by atoms with Gasteiger partial charge >= 0.3 is 12.1 Å². The van der Waals surface area contributed by atoms with Crippen molar-refractivity contribution in [1.29, 1.82) is 0 Å². The van der Waals surface area contributed by atoms with Crippen LogP contribution in [0.5, 0.6) is 5.75 Å². The van der Waals surface area contributed by atoms with E-state index in [1.807, 2.05) is 0 Å². The highest BCUT2D eigenvalue weighted by molar-refractivity contribution is 8.18. The van der Waals surface area contributed by atoms with Crippen molar-refractivity contribution in [1.82, 2.24) is 4.90 Å². The Morgan fingerprint density at radius 3 is 2.22 bits per heavy atom. The van der Waals surface area contributed by atoms with Crippen LogP contribution in [0.4, 0.5) is 18.9 Å². The number of ether oxygens (including phenoxy) is 1. The smallest absolute Gasteiger partial charge is 0.416 e. The third kappa shape index (κ3) is 5.77. The Balaban J connectivity index is 1.66. The zero-order valence-electron chi connectivity index (χ0n) is 18.8. The molecule has 0 atom stereocenters. The zero-order chi connectivity index (χ0) is 25.9. The molecule has 184 valence electrons. The fraction of sp³-hybridized carbons (Fsp3) is 0.115. The molecule has 1 amide bonds. The molecule has 3 aromatic rings. The second kappa shape index (κ2) is 10.3. The fourth-order valence-corrected chi connectivity index (χ4v) is 4.35. The first-order valence-corrected chi connectivity index (χ1v) is 11.4. The van der Waals surface area contributed by atoms with Gasteiger partial charge in [-0.15, -0.1) is 0 Å². The first-order chi connectivity index (χ1) is 17.1. The average molecular weight is 513 g/mol. The number of aliphatic imine (C=N–C) groups is 1. The number of methoxy groups -OCH3 is 1. The molecule has 1 N–H and O–H groups in total. The summed E-state index contributed by atoms with van der Waals surface area (Å²) in [6.07, 6.45) is -2.93. The van der Waals surface area contributed by atoms with Gasteiger partial charge in [0.25, 0.3) is 5.91 Å². The largest absolute Gasteiger partial charge is 0.497 e. The van der Waals surface area contributed by atoms with E-state index >= 15 is 0 Å². The van der Waals surface area contributed by atoms with Gasteiger partial charge in [-0.05, 0) is 77.5 Å². The molecule has 1 heterocycles. The number of carboxylic acid groups (broad SMARTS) is 1. The van der Waals surface area contributed by atoms with Crippen LogP contribution < -0.4 is 4.74 Å².